The molecule has 0 spiro atoms. The summed E-state index contributed by atoms with van der Waals surface area (Å²) in [5, 5.41) is 8.26. The monoisotopic (exact) mass is 437 g/mol. The van der Waals surface area contributed by atoms with Crippen molar-refractivity contribution in [3.8, 4) is 0 Å². The highest BCUT2D eigenvalue weighted by Gasteiger charge is 2.27. The maximum atomic E-state index is 12.6. The highest BCUT2D eigenvalue weighted by molar-refractivity contribution is 6.31. The van der Waals surface area contributed by atoms with Gasteiger partial charge in [0.05, 0.1) is 5.52 Å². The molecule has 1 fully saturated rings. The van der Waals surface area contributed by atoms with Crippen molar-refractivity contribution in [3.63, 3.8) is 0 Å². The van der Waals surface area contributed by atoms with E-state index in [9.17, 15) is 4.79 Å². The summed E-state index contributed by atoms with van der Waals surface area (Å²) in [6.45, 7) is 0.467. The predicted octanol–water partition coefficient (Wildman–Crippen LogP) is 4.64. The molecule has 1 heterocycles. The van der Waals surface area contributed by atoms with E-state index in [0.717, 1.165) is 48.0 Å². The maximum Gasteiger partial charge on any atom is 0.225 e. The molecule has 6 nitrogen and oxygen atoms in total. The molecule has 1 aliphatic carbocycles. The minimum atomic E-state index is 0.0374. The standard InChI is InChI=1S/C24H28ClN5O/c1-30(2)22-19-8-4-6-10-21(19)28-24(29-22)27-18-13-11-16(12-14-18)23(31)26-15-17-7-3-5-9-20(17)25/h3-10,16,18H,11-15H2,1-2H3,(H,26,31)(H,27,28,29). The molecule has 1 aliphatic rings. The van der Waals surface area contributed by atoms with Crippen molar-refractivity contribution < 1.29 is 4.79 Å². The van der Waals surface area contributed by atoms with E-state index in [-0.39, 0.29) is 17.9 Å². The number of rotatable bonds is 6. The first kappa shape index (κ1) is 21.4. The van der Waals surface area contributed by atoms with Crippen LogP contribution in [-0.4, -0.2) is 36.0 Å². The number of hydrogen-bond donors (Lipinski definition) is 2. The summed E-state index contributed by atoms with van der Waals surface area (Å²) in [5.41, 5.74) is 1.87. The Kier molecular flexibility index (Phi) is 6.56. The van der Waals surface area contributed by atoms with Crippen LogP contribution in [0, 0.1) is 5.92 Å². The fraction of sp³-hybridized carbons (Fsp3) is 0.375. The number of hydrogen-bond acceptors (Lipinski definition) is 5. The Balaban J connectivity index is 1.34. The van der Waals surface area contributed by atoms with E-state index in [0.29, 0.717) is 17.5 Å². The summed E-state index contributed by atoms with van der Waals surface area (Å²) < 4.78 is 0. The van der Waals surface area contributed by atoms with Crippen molar-refractivity contribution in [2.75, 3.05) is 24.3 Å². The zero-order valence-corrected chi connectivity index (χ0v) is 18.7. The Hall–Kier alpha value is -2.86. The first-order valence-electron chi connectivity index (χ1n) is 10.7. The summed E-state index contributed by atoms with van der Waals surface area (Å²) in [6.07, 6.45) is 3.52. The lowest BCUT2D eigenvalue weighted by atomic mass is 9.85. The van der Waals surface area contributed by atoms with Crippen LogP contribution >= 0.6 is 11.6 Å². The van der Waals surface area contributed by atoms with Crippen LogP contribution in [0.5, 0.6) is 0 Å². The Morgan fingerprint density at radius 3 is 2.48 bits per heavy atom. The zero-order chi connectivity index (χ0) is 21.8. The molecule has 7 heteroatoms. The highest BCUT2D eigenvalue weighted by Crippen LogP contribution is 2.28. The van der Waals surface area contributed by atoms with E-state index >= 15 is 0 Å². The Morgan fingerprint density at radius 1 is 1.03 bits per heavy atom. The SMILES string of the molecule is CN(C)c1nc(NC2CCC(C(=O)NCc3ccccc3Cl)CC2)nc2ccccc12. The lowest BCUT2D eigenvalue weighted by molar-refractivity contribution is -0.126. The summed E-state index contributed by atoms with van der Waals surface area (Å²) in [7, 11) is 3.98. The molecule has 2 aromatic carbocycles. The van der Waals surface area contributed by atoms with E-state index in [1.54, 1.807) is 0 Å². The second kappa shape index (κ2) is 9.52. The molecule has 0 aliphatic heterocycles. The van der Waals surface area contributed by atoms with Crippen molar-refractivity contribution >= 4 is 40.2 Å². The van der Waals surface area contributed by atoms with Gasteiger partial charge in [-0.2, -0.15) is 4.98 Å². The molecule has 3 aromatic rings. The van der Waals surface area contributed by atoms with E-state index < -0.39 is 0 Å². The topological polar surface area (TPSA) is 70.2 Å². The van der Waals surface area contributed by atoms with Crippen molar-refractivity contribution in [3.05, 3.63) is 59.1 Å². The molecule has 1 saturated carbocycles. The third kappa shape index (κ3) is 5.07. The smallest absolute Gasteiger partial charge is 0.225 e. The van der Waals surface area contributed by atoms with Crippen molar-refractivity contribution in [1.82, 2.24) is 15.3 Å². The molecule has 2 N–H and O–H groups in total. The van der Waals surface area contributed by atoms with Gasteiger partial charge in [0.25, 0.3) is 0 Å². The lowest BCUT2D eigenvalue weighted by Crippen LogP contribution is -2.36. The van der Waals surface area contributed by atoms with Crippen LogP contribution in [-0.2, 0) is 11.3 Å². The van der Waals surface area contributed by atoms with Crippen molar-refractivity contribution in [1.29, 1.82) is 0 Å². The molecule has 0 radical (unpaired) electrons. The quantitative estimate of drug-likeness (QED) is 0.588. The van der Waals surface area contributed by atoms with Crippen molar-refractivity contribution in [2.24, 2.45) is 5.92 Å². The highest BCUT2D eigenvalue weighted by atomic mass is 35.5. The molecule has 1 amide bonds. The van der Waals surface area contributed by atoms with Crippen LogP contribution in [0.1, 0.15) is 31.2 Å². The van der Waals surface area contributed by atoms with Gasteiger partial charge in [-0.15, -0.1) is 0 Å². The van der Waals surface area contributed by atoms with Gasteiger partial charge < -0.3 is 15.5 Å². The van der Waals surface area contributed by atoms with Crippen LogP contribution < -0.4 is 15.5 Å². The number of halogens is 1. The number of para-hydroxylation sites is 1. The van der Waals surface area contributed by atoms with Gasteiger partial charge in [0, 0.05) is 43.0 Å². The van der Waals surface area contributed by atoms with E-state index in [1.165, 1.54) is 0 Å². The summed E-state index contributed by atoms with van der Waals surface area (Å²) in [6, 6.07) is 15.9. The van der Waals surface area contributed by atoms with Crippen LogP contribution in [0.4, 0.5) is 11.8 Å². The normalized spacial score (nSPS) is 18.5. The Morgan fingerprint density at radius 2 is 1.74 bits per heavy atom. The Bertz CT molecular complexity index is 1060. The third-order valence-corrected chi connectivity index (χ3v) is 6.22. The first-order valence-corrected chi connectivity index (χ1v) is 11.1. The number of amides is 1. The molecule has 0 saturated heterocycles. The average molecular weight is 438 g/mol. The second-order valence-electron chi connectivity index (χ2n) is 8.28. The molecule has 162 valence electrons. The minimum Gasteiger partial charge on any atom is -0.362 e. The first-order chi connectivity index (χ1) is 15.0. The van der Waals surface area contributed by atoms with Gasteiger partial charge in [-0.1, -0.05) is 41.9 Å². The molecule has 0 atom stereocenters. The number of benzene rings is 2. The molecule has 0 unspecified atom stereocenters. The van der Waals surface area contributed by atoms with Crippen molar-refractivity contribution in [2.45, 2.75) is 38.3 Å². The fourth-order valence-electron chi connectivity index (χ4n) is 4.12. The fourth-order valence-corrected chi connectivity index (χ4v) is 4.32. The number of nitrogens with one attached hydrogen (secondary N) is 2. The molecule has 4 rings (SSSR count). The Labute approximate surface area is 188 Å². The van der Waals surface area contributed by atoms with Gasteiger partial charge in [-0.25, -0.2) is 4.98 Å². The number of carbonyl (C=O) groups is 1. The largest absolute Gasteiger partial charge is 0.362 e. The maximum absolute atomic E-state index is 12.6. The number of aromatic nitrogens is 2. The zero-order valence-electron chi connectivity index (χ0n) is 17.9. The van der Waals surface area contributed by atoms with E-state index in [2.05, 4.69) is 10.6 Å². The van der Waals surface area contributed by atoms with Crippen LogP contribution in [0.3, 0.4) is 0 Å². The summed E-state index contributed by atoms with van der Waals surface area (Å²) in [5.74, 6) is 1.69. The lowest BCUT2D eigenvalue weighted by Gasteiger charge is -2.28. The number of fused-ring (bicyclic) bond motifs is 1. The third-order valence-electron chi connectivity index (χ3n) is 5.85. The molecular weight excluding hydrogens is 410 g/mol. The minimum absolute atomic E-state index is 0.0374. The van der Waals surface area contributed by atoms with Crippen LogP contribution in [0.2, 0.25) is 5.02 Å². The number of nitrogens with zero attached hydrogens (tertiary/aromatic N) is 3. The molecule has 31 heavy (non-hydrogen) atoms. The summed E-state index contributed by atoms with van der Waals surface area (Å²) in [4.78, 5) is 24.0. The average Bonchev–Trinajstić information content (AvgIpc) is 2.78. The number of carbonyl (C=O) groups excluding carboxylic acids is 1. The van der Waals surface area contributed by atoms with Gasteiger partial charge >= 0.3 is 0 Å². The van der Waals surface area contributed by atoms with Crippen LogP contribution in [0.25, 0.3) is 10.9 Å². The van der Waals surface area contributed by atoms with Gasteiger partial charge in [0.15, 0.2) is 0 Å². The van der Waals surface area contributed by atoms with Gasteiger partial charge in [-0.3, -0.25) is 4.79 Å². The van der Waals surface area contributed by atoms with E-state index in [1.807, 2.05) is 67.5 Å². The van der Waals surface area contributed by atoms with Gasteiger partial charge in [0.1, 0.15) is 5.82 Å². The van der Waals surface area contributed by atoms with Gasteiger partial charge in [0.2, 0.25) is 11.9 Å². The number of anilines is 2. The second-order valence-corrected chi connectivity index (χ2v) is 8.69. The molecular formula is C24H28ClN5O. The van der Waals surface area contributed by atoms with Crippen LogP contribution in [0.15, 0.2) is 48.5 Å². The van der Waals surface area contributed by atoms with Gasteiger partial charge in [-0.05, 0) is 49.4 Å². The summed E-state index contributed by atoms with van der Waals surface area (Å²) >= 11 is 6.18. The van der Waals surface area contributed by atoms with E-state index in [4.69, 9.17) is 21.6 Å². The molecule has 0 bridgehead atoms. The predicted molar refractivity (Wildman–Crippen MR) is 127 cm³/mol. The molecule has 1 aromatic heterocycles.